The molecule has 0 heterocycles. The largest absolute Gasteiger partial charge is 0.394 e. The van der Waals surface area contributed by atoms with Crippen LogP contribution >= 0.6 is 0 Å². The van der Waals surface area contributed by atoms with Crippen molar-refractivity contribution in [2.45, 2.75) is 0 Å². The second-order valence-electron chi connectivity index (χ2n) is 0.447. The molecule has 0 saturated heterocycles. The molecule has 0 aliphatic heterocycles. The summed E-state index contributed by atoms with van der Waals surface area (Å²) >= 11 is 0. The predicted molar refractivity (Wildman–Crippen MR) is 14.2 cm³/mol. The van der Waals surface area contributed by atoms with Crippen LogP contribution in [0, 0.1) is 0 Å². The second kappa shape index (κ2) is 8.82. The quantitative estimate of drug-likeness (QED) is 0.475. The van der Waals surface area contributed by atoms with E-state index in [2.05, 4.69) is 0 Å². The van der Waals surface area contributed by atoms with Gasteiger partial charge in [0.1, 0.15) is 0 Å². The molecule has 3 heteroatoms. The zero-order valence-corrected chi connectivity index (χ0v) is 4.95. The Morgan fingerprint density at radius 1 is 1.00 bits per heavy atom. The zero-order valence-electron chi connectivity index (χ0n) is 2.76. The Labute approximate surface area is 46.3 Å². The van der Waals surface area contributed by atoms with Crippen LogP contribution in [0.25, 0.3) is 0 Å². The molecule has 5 heavy (non-hydrogen) atoms. The molecule has 0 bridgehead atoms. The zero-order chi connectivity index (χ0) is 3.41. The van der Waals surface area contributed by atoms with Crippen LogP contribution in [0.1, 0.15) is 0 Å². The monoisotopic (exact) mass is 155 g/mol. The summed E-state index contributed by atoms with van der Waals surface area (Å²) < 4.78 is 0. The SMILES string of the molecule is OCCO.[Nb]. The number of hydrogen-bond acceptors (Lipinski definition) is 2. The van der Waals surface area contributed by atoms with E-state index in [-0.39, 0.29) is 35.6 Å². The molecule has 0 aromatic carbocycles. The van der Waals surface area contributed by atoms with Crippen LogP contribution in [0.3, 0.4) is 0 Å². The molecule has 2 N–H and O–H groups in total. The molecule has 0 aromatic rings. The van der Waals surface area contributed by atoms with Gasteiger partial charge in [-0.05, 0) is 0 Å². The smallest absolute Gasteiger partial charge is 0.0662 e. The van der Waals surface area contributed by atoms with E-state index in [1.54, 1.807) is 0 Å². The van der Waals surface area contributed by atoms with Gasteiger partial charge in [-0.3, -0.25) is 0 Å². The first kappa shape index (κ1) is 9.18. The van der Waals surface area contributed by atoms with E-state index < -0.39 is 0 Å². The number of rotatable bonds is 1. The first-order chi connectivity index (χ1) is 1.91. The van der Waals surface area contributed by atoms with Gasteiger partial charge in [-0.1, -0.05) is 0 Å². The maximum atomic E-state index is 7.62. The van der Waals surface area contributed by atoms with Crippen molar-refractivity contribution < 1.29 is 32.6 Å². The predicted octanol–water partition coefficient (Wildman–Crippen LogP) is -1.03. The van der Waals surface area contributed by atoms with Gasteiger partial charge >= 0.3 is 0 Å². The van der Waals surface area contributed by atoms with Crippen LogP contribution in [-0.2, 0) is 22.4 Å². The van der Waals surface area contributed by atoms with Gasteiger partial charge in [0.2, 0.25) is 0 Å². The van der Waals surface area contributed by atoms with Crippen molar-refractivity contribution in [2.24, 2.45) is 0 Å². The van der Waals surface area contributed by atoms with Gasteiger partial charge in [-0.2, -0.15) is 0 Å². The third-order valence-electron chi connectivity index (χ3n) is 0.1000. The van der Waals surface area contributed by atoms with Gasteiger partial charge < -0.3 is 10.2 Å². The Morgan fingerprint density at radius 3 is 1.20 bits per heavy atom. The van der Waals surface area contributed by atoms with Gasteiger partial charge in [0.25, 0.3) is 0 Å². The molecular formula is C2H6NbO2. The summed E-state index contributed by atoms with van der Waals surface area (Å²) in [5.41, 5.74) is 0. The molecule has 0 aromatic heterocycles. The maximum absolute atomic E-state index is 7.62. The van der Waals surface area contributed by atoms with Gasteiger partial charge in [-0.25, -0.2) is 0 Å². The van der Waals surface area contributed by atoms with E-state index in [0.29, 0.717) is 0 Å². The van der Waals surface area contributed by atoms with Gasteiger partial charge in [0.05, 0.1) is 13.2 Å². The van der Waals surface area contributed by atoms with Crippen LogP contribution in [-0.4, -0.2) is 23.4 Å². The molecule has 0 atom stereocenters. The van der Waals surface area contributed by atoms with Crippen molar-refractivity contribution in [1.82, 2.24) is 0 Å². The van der Waals surface area contributed by atoms with E-state index in [9.17, 15) is 0 Å². The fourth-order valence-electron chi connectivity index (χ4n) is 0. The van der Waals surface area contributed by atoms with Crippen molar-refractivity contribution in [3.8, 4) is 0 Å². The Balaban J connectivity index is 0. The summed E-state index contributed by atoms with van der Waals surface area (Å²) in [4.78, 5) is 0. The molecule has 0 rings (SSSR count). The Hall–Kier alpha value is 0.660. The van der Waals surface area contributed by atoms with Crippen LogP contribution < -0.4 is 0 Å². The fourth-order valence-corrected chi connectivity index (χ4v) is 0. The van der Waals surface area contributed by atoms with Crippen LogP contribution in [0.2, 0.25) is 0 Å². The third kappa shape index (κ3) is 12.0. The first-order valence-electron chi connectivity index (χ1n) is 1.13. The molecule has 1 radical (unpaired) electrons. The second-order valence-corrected chi connectivity index (χ2v) is 0.447. The minimum atomic E-state index is -0.125. The van der Waals surface area contributed by atoms with Crippen LogP contribution in [0.5, 0.6) is 0 Å². The molecule has 0 aliphatic rings. The van der Waals surface area contributed by atoms with Gasteiger partial charge in [-0.15, -0.1) is 0 Å². The van der Waals surface area contributed by atoms with Crippen molar-refractivity contribution in [2.75, 3.05) is 13.2 Å². The molecule has 0 fully saturated rings. The molecular weight excluding hydrogens is 149 g/mol. The number of aliphatic hydroxyl groups is 2. The van der Waals surface area contributed by atoms with Crippen molar-refractivity contribution in [3.05, 3.63) is 0 Å². The Morgan fingerprint density at radius 2 is 1.20 bits per heavy atom. The maximum Gasteiger partial charge on any atom is 0.0662 e. The Kier molecular flexibility index (Phi) is 16.2. The van der Waals surface area contributed by atoms with Crippen LogP contribution in [0.15, 0.2) is 0 Å². The van der Waals surface area contributed by atoms with Gasteiger partial charge in [0.15, 0.2) is 0 Å². The number of hydrogen-bond donors (Lipinski definition) is 2. The van der Waals surface area contributed by atoms with E-state index in [0.717, 1.165) is 0 Å². The molecule has 0 unspecified atom stereocenters. The molecule has 0 amide bonds. The van der Waals surface area contributed by atoms with E-state index in [4.69, 9.17) is 10.2 Å². The summed E-state index contributed by atoms with van der Waals surface area (Å²) in [6.45, 7) is -0.250. The minimum absolute atomic E-state index is 0. The molecule has 31 valence electrons. The standard InChI is InChI=1S/C2H6O2.Nb/c3-1-2-4;/h3-4H,1-2H2;. The fraction of sp³-hybridized carbons (Fsp3) is 1.00. The Bertz CT molecular complexity index is 9.61. The molecule has 0 spiro atoms. The van der Waals surface area contributed by atoms with E-state index >= 15 is 0 Å². The van der Waals surface area contributed by atoms with Crippen molar-refractivity contribution in [1.29, 1.82) is 0 Å². The average molecular weight is 155 g/mol. The van der Waals surface area contributed by atoms with E-state index in [1.807, 2.05) is 0 Å². The third-order valence-corrected chi connectivity index (χ3v) is 0.1000. The average Bonchev–Trinajstić information content (AvgIpc) is 1.37. The first-order valence-corrected chi connectivity index (χ1v) is 1.13. The normalized spacial score (nSPS) is 6.00. The van der Waals surface area contributed by atoms with Gasteiger partial charge in [0, 0.05) is 22.4 Å². The van der Waals surface area contributed by atoms with Crippen LogP contribution in [0.4, 0.5) is 0 Å². The summed E-state index contributed by atoms with van der Waals surface area (Å²) in [6, 6.07) is 0. The summed E-state index contributed by atoms with van der Waals surface area (Å²) in [6.07, 6.45) is 0. The summed E-state index contributed by atoms with van der Waals surface area (Å²) in [7, 11) is 0. The summed E-state index contributed by atoms with van der Waals surface area (Å²) in [5.74, 6) is 0. The number of aliphatic hydroxyl groups excluding tert-OH is 2. The van der Waals surface area contributed by atoms with Crippen molar-refractivity contribution in [3.63, 3.8) is 0 Å². The molecule has 2 nitrogen and oxygen atoms in total. The minimum Gasteiger partial charge on any atom is -0.394 e. The van der Waals surface area contributed by atoms with Crippen molar-refractivity contribution >= 4 is 0 Å². The molecule has 0 aliphatic carbocycles. The topological polar surface area (TPSA) is 40.5 Å². The van der Waals surface area contributed by atoms with E-state index in [1.165, 1.54) is 0 Å². The summed E-state index contributed by atoms with van der Waals surface area (Å²) in [5, 5.41) is 15.2. The molecule has 0 saturated carbocycles.